The molecular weight excluding hydrogens is 392 g/mol. The van der Waals surface area contributed by atoms with Crippen molar-refractivity contribution >= 4 is 34.9 Å². The maximum absolute atomic E-state index is 12.2. The number of anilines is 1. The van der Waals surface area contributed by atoms with E-state index >= 15 is 0 Å². The number of hydrogen-bond donors (Lipinski definition) is 1. The van der Waals surface area contributed by atoms with Gasteiger partial charge in [-0.3, -0.25) is 14.9 Å². The molecule has 0 bridgehead atoms. The molecule has 0 aromatic heterocycles. The second-order valence-corrected chi connectivity index (χ2v) is 5.73. The number of para-hydroxylation sites is 2. The van der Waals surface area contributed by atoms with E-state index in [1.807, 2.05) is 0 Å². The first-order valence-corrected chi connectivity index (χ1v) is 8.45. The van der Waals surface area contributed by atoms with Gasteiger partial charge in [-0.2, -0.15) is 0 Å². The summed E-state index contributed by atoms with van der Waals surface area (Å²) in [5.41, 5.74) is -0.215. The first-order chi connectivity index (χ1) is 13.4. The number of halogens is 1. The van der Waals surface area contributed by atoms with Gasteiger partial charge in [0, 0.05) is 6.07 Å². The van der Waals surface area contributed by atoms with Gasteiger partial charge in [0.25, 0.3) is 11.6 Å². The number of ether oxygens (including phenoxy) is 3. The van der Waals surface area contributed by atoms with E-state index in [1.165, 1.54) is 43.5 Å². The maximum atomic E-state index is 12.2. The summed E-state index contributed by atoms with van der Waals surface area (Å²) >= 11 is 6.10. The summed E-state index contributed by atoms with van der Waals surface area (Å²) in [4.78, 5) is 34.5. The number of carbonyl (C=O) groups is 2. The predicted octanol–water partition coefficient (Wildman–Crippen LogP) is 3.45. The second kappa shape index (κ2) is 9.56. The maximum Gasteiger partial charge on any atom is 0.338 e. The molecule has 2 aromatic carbocycles. The zero-order valence-electron chi connectivity index (χ0n) is 15.1. The van der Waals surface area contributed by atoms with E-state index in [0.717, 1.165) is 0 Å². The fraction of sp³-hybridized carbons (Fsp3) is 0.222. The van der Waals surface area contributed by atoms with E-state index in [4.69, 9.17) is 25.8 Å². The van der Waals surface area contributed by atoms with Gasteiger partial charge in [-0.05, 0) is 25.1 Å². The molecule has 2 aromatic rings. The van der Waals surface area contributed by atoms with Gasteiger partial charge in [0.2, 0.25) is 0 Å². The standard InChI is InChI=1S/C18H17ClN2O7/c1-3-27-17-12(19)8-11(9-15(17)26-2)18(23)28-10-16(22)20-13-6-4-5-7-14(13)21(24)25/h4-9H,3,10H2,1-2H3,(H,20,22). The third kappa shape index (κ3) is 5.10. The molecule has 0 aliphatic carbocycles. The van der Waals surface area contributed by atoms with Crippen molar-refractivity contribution in [1.29, 1.82) is 0 Å². The molecule has 0 aliphatic rings. The van der Waals surface area contributed by atoms with Crippen LogP contribution in [0.4, 0.5) is 11.4 Å². The van der Waals surface area contributed by atoms with Crippen LogP contribution in [0, 0.1) is 10.1 Å². The van der Waals surface area contributed by atoms with E-state index in [-0.39, 0.29) is 33.5 Å². The van der Waals surface area contributed by atoms with Gasteiger partial charge in [0.1, 0.15) is 5.69 Å². The largest absolute Gasteiger partial charge is 0.493 e. The van der Waals surface area contributed by atoms with Gasteiger partial charge in [-0.15, -0.1) is 0 Å². The van der Waals surface area contributed by atoms with Crippen LogP contribution in [0.2, 0.25) is 5.02 Å². The smallest absolute Gasteiger partial charge is 0.338 e. The molecule has 0 spiro atoms. The van der Waals surface area contributed by atoms with Gasteiger partial charge in [-0.1, -0.05) is 23.7 Å². The monoisotopic (exact) mass is 408 g/mol. The molecular formula is C18H17ClN2O7. The highest BCUT2D eigenvalue weighted by Crippen LogP contribution is 2.36. The summed E-state index contributed by atoms with van der Waals surface area (Å²) in [6.07, 6.45) is 0. The molecule has 0 unspecified atom stereocenters. The number of esters is 1. The predicted molar refractivity (Wildman–Crippen MR) is 101 cm³/mol. The van der Waals surface area contributed by atoms with Gasteiger partial charge in [-0.25, -0.2) is 4.79 Å². The number of nitrogens with one attached hydrogen (secondary N) is 1. The summed E-state index contributed by atoms with van der Waals surface area (Å²) in [6.45, 7) is 1.48. The Kier molecular flexibility index (Phi) is 7.16. The molecule has 1 N–H and O–H groups in total. The van der Waals surface area contributed by atoms with E-state index < -0.39 is 23.4 Å². The van der Waals surface area contributed by atoms with Crippen molar-refractivity contribution in [3.8, 4) is 11.5 Å². The molecule has 2 rings (SSSR count). The number of amides is 1. The normalized spacial score (nSPS) is 10.1. The van der Waals surface area contributed by atoms with Crippen molar-refractivity contribution in [1.82, 2.24) is 0 Å². The number of nitro benzene ring substituents is 1. The Morgan fingerprint density at radius 3 is 2.61 bits per heavy atom. The van der Waals surface area contributed by atoms with Crippen LogP contribution in [-0.4, -0.2) is 37.1 Å². The summed E-state index contributed by atoms with van der Waals surface area (Å²) in [6, 6.07) is 8.32. The van der Waals surface area contributed by atoms with Crippen molar-refractivity contribution < 1.29 is 28.7 Å². The van der Waals surface area contributed by atoms with Gasteiger partial charge >= 0.3 is 5.97 Å². The van der Waals surface area contributed by atoms with Crippen LogP contribution >= 0.6 is 11.6 Å². The molecule has 0 radical (unpaired) electrons. The summed E-state index contributed by atoms with van der Waals surface area (Å²) in [5.74, 6) is -1.02. The third-order valence-corrected chi connectivity index (χ3v) is 3.74. The number of carbonyl (C=O) groups excluding carboxylic acids is 2. The lowest BCUT2D eigenvalue weighted by atomic mass is 10.2. The van der Waals surface area contributed by atoms with Crippen molar-refractivity contribution in [3.63, 3.8) is 0 Å². The Labute approximate surface area is 165 Å². The van der Waals surface area contributed by atoms with E-state index in [1.54, 1.807) is 6.92 Å². The number of nitrogens with zero attached hydrogens (tertiary/aromatic N) is 1. The van der Waals surface area contributed by atoms with Gasteiger partial charge in [0.15, 0.2) is 18.1 Å². The molecule has 28 heavy (non-hydrogen) atoms. The molecule has 1 amide bonds. The van der Waals surface area contributed by atoms with Gasteiger partial charge in [0.05, 0.1) is 29.2 Å². The topological polar surface area (TPSA) is 117 Å². The lowest BCUT2D eigenvalue weighted by molar-refractivity contribution is -0.383. The van der Waals surface area contributed by atoms with Crippen molar-refractivity contribution in [2.24, 2.45) is 0 Å². The van der Waals surface area contributed by atoms with Crippen LogP contribution < -0.4 is 14.8 Å². The lowest BCUT2D eigenvalue weighted by Crippen LogP contribution is -2.21. The molecule has 0 atom stereocenters. The number of nitro groups is 1. The minimum absolute atomic E-state index is 0.000620. The SMILES string of the molecule is CCOc1c(Cl)cc(C(=O)OCC(=O)Nc2ccccc2[N+](=O)[O-])cc1OC. The molecule has 0 heterocycles. The van der Waals surface area contributed by atoms with Crippen molar-refractivity contribution in [2.45, 2.75) is 6.92 Å². The quantitative estimate of drug-likeness (QED) is 0.403. The fourth-order valence-corrected chi connectivity index (χ4v) is 2.53. The molecule has 9 nitrogen and oxygen atoms in total. The minimum atomic E-state index is -0.819. The molecule has 0 fully saturated rings. The zero-order valence-corrected chi connectivity index (χ0v) is 15.8. The minimum Gasteiger partial charge on any atom is -0.493 e. The average molecular weight is 409 g/mol. The number of rotatable bonds is 8. The van der Waals surface area contributed by atoms with Crippen LogP contribution in [0.5, 0.6) is 11.5 Å². The Morgan fingerprint density at radius 1 is 1.25 bits per heavy atom. The molecule has 0 saturated heterocycles. The summed E-state index contributed by atoms with van der Waals surface area (Å²) in [5, 5.41) is 13.4. The van der Waals surface area contributed by atoms with Crippen molar-refractivity contribution in [2.75, 3.05) is 25.6 Å². The number of benzene rings is 2. The van der Waals surface area contributed by atoms with E-state index in [2.05, 4.69) is 5.32 Å². The summed E-state index contributed by atoms with van der Waals surface area (Å²) in [7, 11) is 1.39. The van der Waals surface area contributed by atoms with Crippen LogP contribution in [0.1, 0.15) is 17.3 Å². The Bertz CT molecular complexity index is 901. The zero-order chi connectivity index (χ0) is 20.7. The third-order valence-electron chi connectivity index (χ3n) is 3.46. The average Bonchev–Trinajstić information content (AvgIpc) is 2.67. The highest BCUT2D eigenvalue weighted by atomic mass is 35.5. The fourth-order valence-electron chi connectivity index (χ4n) is 2.26. The van der Waals surface area contributed by atoms with Crippen LogP contribution in [-0.2, 0) is 9.53 Å². The van der Waals surface area contributed by atoms with Crippen LogP contribution in [0.3, 0.4) is 0 Å². The van der Waals surface area contributed by atoms with Crippen LogP contribution in [0.25, 0.3) is 0 Å². The number of methoxy groups -OCH3 is 1. The Hall–Kier alpha value is -3.33. The highest BCUT2D eigenvalue weighted by molar-refractivity contribution is 6.32. The number of hydrogen-bond acceptors (Lipinski definition) is 7. The summed E-state index contributed by atoms with van der Waals surface area (Å²) < 4.78 is 15.5. The van der Waals surface area contributed by atoms with Crippen LogP contribution in [0.15, 0.2) is 36.4 Å². The van der Waals surface area contributed by atoms with E-state index in [0.29, 0.717) is 6.61 Å². The second-order valence-electron chi connectivity index (χ2n) is 5.32. The molecule has 0 aliphatic heterocycles. The Balaban J connectivity index is 2.05. The molecule has 148 valence electrons. The Morgan fingerprint density at radius 2 is 1.96 bits per heavy atom. The first-order valence-electron chi connectivity index (χ1n) is 8.08. The molecule has 10 heteroatoms. The van der Waals surface area contributed by atoms with Gasteiger partial charge < -0.3 is 19.5 Å². The first kappa shape index (κ1) is 21.0. The van der Waals surface area contributed by atoms with E-state index in [9.17, 15) is 19.7 Å². The lowest BCUT2D eigenvalue weighted by Gasteiger charge is -2.13. The molecule has 0 saturated carbocycles. The van der Waals surface area contributed by atoms with Crippen molar-refractivity contribution in [3.05, 3.63) is 57.1 Å². The highest BCUT2D eigenvalue weighted by Gasteiger charge is 2.19.